The van der Waals surface area contributed by atoms with Crippen molar-refractivity contribution >= 4 is 27.6 Å². The fraction of sp³-hybridized carbons (Fsp3) is 0.769. The van der Waals surface area contributed by atoms with Crippen LogP contribution in [0, 0.1) is 0 Å². The largest absolute Gasteiger partial charge is 0.381 e. The SMILES string of the molecule is CCCn1cc(S(=O)(=O)NCC(CC)(CC)SC)c(N)n1. The Labute approximate surface area is 131 Å². The maximum absolute atomic E-state index is 12.4. The normalized spacial score (nSPS) is 12.8. The Morgan fingerprint density at radius 2 is 2.00 bits per heavy atom. The highest BCUT2D eigenvalue weighted by Crippen LogP contribution is 2.30. The van der Waals surface area contributed by atoms with Crippen LogP contribution in [-0.4, -0.2) is 35.7 Å². The van der Waals surface area contributed by atoms with Crippen LogP contribution < -0.4 is 10.5 Å². The van der Waals surface area contributed by atoms with Gasteiger partial charge in [0.2, 0.25) is 10.0 Å². The monoisotopic (exact) mass is 334 g/mol. The van der Waals surface area contributed by atoms with Gasteiger partial charge in [0.05, 0.1) is 0 Å². The van der Waals surface area contributed by atoms with Gasteiger partial charge in [-0.1, -0.05) is 20.8 Å². The fourth-order valence-electron chi connectivity index (χ4n) is 2.13. The molecule has 0 aromatic carbocycles. The summed E-state index contributed by atoms with van der Waals surface area (Å²) < 4.78 is 29.0. The molecule has 0 aliphatic carbocycles. The summed E-state index contributed by atoms with van der Waals surface area (Å²) in [6.07, 6.45) is 6.18. The van der Waals surface area contributed by atoms with Crippen LogP contribution in [-0.2, 0) is 16.6 Å². The molecule has 0 aliphatic heterocycles. The molecule has 6 nitrogen and oxygen atoms in total. The average Bonchev–Trinajstić information content (AvgIpc) is 2.83. The van der Waals surface area contributed by atoms with E-state index >= 15 is 0 Å². The van der Waals surface area contributed by atoms with E-state index in [-0.39, 0.29) is 15.5 Å². The Kier molecular flexibility index (Phi) is 6.55. The molecule has 1 heterocycles. The molecular formula is C13H26N4O2S2. The van der Waals surface area contributed by atoms with Crippen molar-refractivity contribution in [2.75, 3.05) is 18.5 Å². The molecule has 3 N–H and O–H groups in total. The number of sulfonamides is 1. The Balaban J connectivity index is 2.91. The minimum Gasteiger partial charge on any atom is -0.381 e. The Morgan fingerprint density at radius 3 is 2.48 bits per heavy atom. The van der Waals surface area contributed by atoms with Crippen molar-refractivity contribution in [1.29, 1.82) is 0 Å². The maximum atomic E-state index is 12.4. The Hall–Kier alpha value is -0.730. The van der Waals surface area contributed by atoms with Crippen LogP contribution in [0.1, 0.15) is 40.0 Å². The highest BCUT2D eigenvalue weighted by molar-refractivity contribution is 8.00. The molecule has 0 unspecified atom stereocenters. The predicted octanol–water partition coefficient (Wildman–Crippen LogP) is 2.08. The molecule has 0 aliphatic rings. The van der Waals surface area contributed by atoms with Gasteiger partial charge in [-0.15, -0.1) is 0 Å². The van der Waals surface area contributed by atoms with E-state index in [9.17, 15) is 8.42 Å². The van der Waals surface area contributed by atoms with E-state index in [0.717, 1.165) is 19.3 Å². The van der Waals surface area contributed by atoms with Crippen LogP contribution in [0.25, 0.3) is 0 Å². The highest BCUT2D eigenvalue weighted by Gasteiger charge is 2.29. The number of nitrogen functional groups attached to an aromatic ring is 1. The van der Waals surface area contributed by atoms with Crippen LogP contribution in [0.4, 0.5) is 5.82 Å². The molecule has 8 heteroatoms. The van der Waals surface area contributed by atoms with Gasteiger partial charge < -0.3 is 5.73 Å². The number of nitrogens with one attached hydrogen (secondary N) is 1. The number of aryl methyl sites for hydroxylation is 1. The third-order valence-electron chi connectivity index (χ3n) is 3.80. The van der Waals surface area contributed by atoms with E-state index in [1.807, 2.05) is 13.2 Å². The summed E-state index contributed by atoms with van der Waals surface area (Å²) in [5, 5.41) is 4.04. The first kappa shape index (κ1) is 18.3. The third-order valence-corrected chi connectivity index (χ3v) is 6.81. The summed E-state index contributed by atoms with van der Waals surface area (Å²) in [5.41, 5.74) is 5.74. The lowest BCUT2D eigenvalue weighted by atomic mass is 10.0. The minimum atomic E-state index is -3.62. The van der Waals surface area contributed by atoms with Crippen LogP contribution in [0.15, 0.2) is 11.1 Å². The van der Waals surface area contributed by atoms with Crippen LogP contribution in [0.5, 0.6) is 0 Å². The smallest absolute Gasteiger partial charge is 0.245 e. The summed E-state index contributed by atoms with van der Waals surface area (Å²) in [6.45, 7) is 7.18. The first-order chi connectivity index (χ1) is 9.84. The van der Waals surface area contributed by atoms with E-state index in [1.54, 1.807) is 16.4 Å². The van der Waals surface area contributed by atoms with Crippen molar-refractivity contribution in [3.05, 3.63) is 6.20 Å². The molecule has 0 saturated heterocycles. The lowest BCUT2D eigenvalue weighted by Crippen LogP contribution is -2.39. The van der Waals surface area contributed by atoms with Gasteiger partial charge in [-0.25, -0.2) is 13.1 Å². The summed E-state index contributed by atoms with van der Waals surface area (Å²) in [4.78, 5) is 0.0677. The van der Waals surface area contributed by atoms with Crippen LogP contribution in [0.2, 0.25) is 0 Å². The highest BCUT2D eigenvalue weighted by atomic mass is 32.2. The predicted molar refractivity (Wildman–Crippen MR) is 88.9 cm³/mol. The second kappa shape index (κ2) is 7.51. The van der Waals surface area contributed by atoms with E-state index in [1.165, 1.54) is 6.20 Å². The first-order valence-corrected chi connectivity index (χ1v) is 9.92. The van der Waals surface area contributed by atoms with Crippen molar-refractivity contribution < 1.29 is 8.42 Å². The summed E-state index contributed by atoms with van der Waals surface area (Å²) in [7, 11) is -3.62. The molecule has 0 atom stereocenters. The van der Waals surface area contributed by atoms with Crippen LogP contribution >= 0.6 is 11.8 Å². The molecule has 0 radical (unpaired) electrons. The zero-order valence-corrected chi connectivity index (χ0v) is 14.9. The number of nitrogens with two attached hydrogens (primary N) is 1. The Bertz CT molecular complexity index is 542. The second-order valence-electron chi connectivity index (χ2n) is 5.06. The van der Waals surface area contributed by atoms with Gasteiger partial charge in [0.15, 0.2) is 5.82 Å². The van der Waals surface area contributed by atoms with Gasteiger partial charge in [0.25, 0.3) is 0 Å². The standard InChI is InChI=1S/C13H26N4O2S2/c1-5-8-17-9-11(12(14)16-17)21(18,19)15-10-13(6-2,7-3)20-4/h9,15H,5-8,10H2,1-4H3,(H2,14,16). The van der Waals surface area contributed by atoms with E-state index in [0.29, 0.717) is 13.1 Å². The zero-order valence-electron chi connectivity index (χ0n) is 13.2. The van der Waals surface area contributed by atoms with Crippen molar-refractivity contribution in [3.8, 4) is 0 Å². The average molecular weight is 335 g/mol. The fourth-order valence-corrected chi connectivity index (χ4v) is 4.22. The summed E-state index contributed by atoms with van der Waals surface area (Å²) in [6, 6.07) is 0. The van der Waals surface area contributed by atoms with E-state index in [2.05, 4.69) is 23.7 Å². The topological polar surface area (TPSA) is 90.0 Å². The molecule has 0 spiro atoms. The number of hydrogen-bond acceptors (Lipinski definition) is 5. The number of anilines is 1. The molecule has 21 heavy (non-hydrogen) atoms. The van der Waals surface area contributed by atoms with Crippen molar-refractivity contribution in [3.63, 3.8) is 0 Å². The lowest BCUT2D eigenvalue weighted by Gasteiger charge is -2.29. The summed E-state index contributed by atoms with van der Waals surface area (Å²) >= 11 is 1.69. The Morgan fingerprint density at radius 1 is 1.38 bits per heavy atom. The van der Waals surface area contributed by atoms with Gasteiger partial charge in [0.1, 0.15) is 4.90 Å². The molecule has 1 aromatic heterocycles. The molecule has 0 amide bonds. The minimum absolute atomic E-state index is 0.0544. The zero-order chi connectivity index (χ0) is 16.1. The third kappa shape index (κ3) is 4.37. The summed E-state index contributed by atoms with van der Waals surface area (Å²) in [5.74, 6) is 0.0544. The van der Waals surface area contributed by atoms with Crippen molar-refractivity contribution in [1.82, 2.24) is 14.5 Å². The van der Waals surface area contributed by atoms with Gasteiger partial charge in [-0.05, 0) is 25.5 Å². The molecule has 122 valence electrons. The molecular weight excluding hydrogens is 308 g/mol. The molecule has 0 saturated carbocycles. The van der Waals surface area contributed by atoms with Gasteiger partial charge in [0, 0.05) is 24.0 Å². The number of hydrogen-bond donors (Lipinski definition) is 2. The van der Waals surface area contributed by atoms with Crippen molar-refractivity contribution in [2.45, 2.75) is 56.2 Å². The second-order valence-corrected chi connectivity index (χ2v) is 8.07. The molecule has 0 bridgehead atoms. The van der Waals surface area contributed by atoms with Gasteiger partial charge >= 0.3 is 0 Å². The molecule has 1 rings (SSSR count). The van der Waals surface area contributed by atoms with Crippen molar-refractivity contribution in [2.24, 2.45) is 0 Å². The number of rotatable bonds is 9. The number of aromatic nitrogens is 2. The van der Waals surface area contributed by atoms with Crippen LogP contribution in [0.3, 0.4) is 0 Å². The van der Waals surface area contributed by atoms with E-state index in [4.69, 9.17) is 5.73 Å². The van der Waals surface area contributed by atoms with E-state index < -0.39 is 10.0 Å². The van der Waals surface area contributed by atoms with Gasteiger partial charge in [-0.2, -0.15) is 16.9 Å². The maximum Gasteiger partial charge on any atom is 0.245 e. The molecule has 1 aromatic rings. The first-order valence-electron chi connectivity index (χ1n) is 7.21. The number of thioether (sulfide) groups is 1. The molecule has 0 fully saturated rings. The quantitative estimate of drug-likeness (QED) is 0.721. The lowest BCUT2D eigenvalue weighted by molar-refractivity contribution is 0.522. The van der Waals surface area contributed by atoms with Gasteiger partial charge in [-0.3, -0.25) is 4.68 Å². The number of nitrogens with zero attached hydrogens (tertiary/aromatic N) is 2.